The Morgan fingerprint density at radius 3 is 2.32 bits per heavy atom. The van der Waals surface area contributed by atoms with Gasteiger partial charge in [0.25, 0.3) is 10.0 Å². The average Bonchev–Trinajstić information content (AvgIpc) is 2.50. The number of hydrogen-bond donors (Lipinski definition) is 1. The van der Waals surface area contributed by atoms with Gasteiger partial charge in [0.05, 0.1) is 11.1 Å². The van der Waals surface area contributed by atoms with Crippen LogP contribution in [0.1, 0.15) is 29.2 Å². The van der Waals surface area contributed by atoms with Gasteiger partial charge in [-0.25, -0.2) is 4.83 Å². The highest BCUT2D eigenvalue weighted by atomic mass is 32.2. The second kappa shape index (κ2) is 6.75. The van der Waals surface area contributed by atoms with Crippen LogP contribution in [0, 0.1) is 13.8 Å². The van der Waals surface area contributed by atoms with E-state index < -0.39 is 10.0 Å². The number of nitrogens with zero attached hydrogens (tertiary/aromatic N) is 1. The molecule has 0 aliphatic carbocycles. The van der Waals surface area contributed by atoms with Crippen molar-refractivity contribution in [2.24, 2.45) is 5.10 Å². The molecule has 0 aromatic heterocycles. The van der Waals surface area contributed by atoms with Crippen molar-refractivity contribution in [3.05, 3.63) is 64.7 Å². The van der Waals surface area contributed by atoms with E-state index in [-0.39, 0.29) is 4.90 Å². The Balaban J connectivity index is 2.11. The topological polar surface area (TPSA) is 58.5 Å². The number of nitrogens with one attached hydrogen (secondary N) is 1. The maximum atomic E-state index is 12.2. The van der Waals surface area contributed by atoms with Crippen molar-refractivity contribution >= 4 is 16.2 Å². The van der Waals surface area contributed by atoms with Crippen LogP contribution in [-0.2, 0) is 16.4 Å². The summed E-state index contributed by atoms with van der Waals surface area (Å²) in [5.41, 5.74) is 4.06. The van der Waals surface area contributed by atoms with E-state index in [9.17, 15) is 8.42 Å². The predicted octanol–water partition coefficient (Wildman–Crippen LogP) is 3.18. The van der Waals surface area contributed by atoms with Gasteiger partial charge < -0.3 is 0 Å². The van der Waals surface area contributed by atoms with E-state index in [0.29, 0.717) is 0 Å². The summed E-state index contributed by atoms with van der Waals surface area (Å²) in [6.07, 6.45) is 2.47. The minimum atomic E-state index is -3.63. The molecule has 0 atom stereocenters. The first-order valence-electron chi connectivity index (χ1n) is 7.13. The molecule has 0 spiro atoms. The number of rotatable bonds is 5. The van der Waals surface area contributed by atoms with E-state index in [1.165, 1.54) is 11.8 Å². The minimum Gasteiger partial charge on any atom is -0.200 e. The normalized spacial score (nSPS) is 11.8. The summed E-state index contributed by atoms with van der Waals surface area (Å²) in [5, 5.41) is 3.83. The maximum absolute atomic E-state index is 12.2. The maximum Gasteiger partial charge on any atom is 0.276 e. The zero-order chi connectivity index (χ0) is 16.2. The molecule has 0 aliphatic rings. The fourth-order valence-electron chi connectivity index (χ4n) is 1.94. The van der Waals surface area contributed by atoms with Crippen LogP contribution in [0.5, 0.6) is 0 Å². The molecule has 2 aromatic rings. The van der Waals surface area contributed by atoms with E-state index in [4.69, 9.17) is 0 Å². The molecule has 0 aliphatic heterocycles. The van der Waals surface area contributed by atoms with Gasteiger partial charge in [0.2, 0.25) is 0 Å². The summed E-state index contributed by atoms with van der Waals surface area (Å²) in [4.78, 5) is 2.46. The van der Waals surface area contributed by atoms with Gasteiger partial charge in [0.1, 0.15) is 0 Å². The van der Waals surface area contributed by atoms with Crippen LogP contribution < -0.4 is 4.83 Å². The molecule has 0 heterocycles. The molecule has 2 aromatic carbocycles. The Morgan fingerprint density at radius 1 is 1.05 bits per heavy atom. The van der Waals surface area contributed by atoms with E-state index in [1.807, 2.05) is 38.1 Å². The molecule has 4 nitrogen and oxygen atoms in total. The summed E-state index contributed by atoms with van der Waals surface area (Å²) >= 11 is 0. The second-order valence-electron chi connectivity index (χ2n) is 5.19. The first-order chi connectivity index (χ1) is 10.4. The molecule has 0 amide bonds. The Bertz CT molecular complexity index is 779. The van der Waals surface area contributed by atoms with E-state index in [0.717, 1.165) is 23.1 Å². The molecule has 0 bridgehead atoms. The van der Waals surface area contributed by atoms with Crippen LogP contribution in [0.3, 0.4) is 0 Å². The van der Waals surface area contributed by atoms with Crippen molar-refractivity contribution < 1.29 is 8.42 Å². The highest BCUT2D eigenvalue weighted by molar-refractivity contribution is 7.89. The zero-order valence-electron chi connectivity index (χ0n) is 13.0. The molecule has 0 unspecified atom stereocenters. The highest BCUT2D eigenvalue weighted by Gasteiger charge is 2.13. The van der Waals surface area contributed by atoms with Crippen LogP contribution in [0.2, 0.25) is 0 Å². The van der Waals surface area contributed by atoms with Gasteiger partial charge in [-0.05, 0) is 54.7 Å². The fraction of sp³-hybridized carbons (Fsp3) is 0.235. The van der Waals surface area contributed by atoms with Crippen molar-refractivity contribution in [3.8, 4) is 0 Å². The molecule has 0 fully saturated rings. The first-order valence-corrected chi connectivity index (χ1v) is 8.62. The average molecular weight is 316 g/mol. The van der Waals surface area contributed by atoms with Crippen LogP contribution in [0.25, 0.3) is 0 Å². The Morgan fingerprint density at radius 2 is 1.73 bits per heavy atom. The molecule has 22 heavy (non-hydrogen) atoms. The number of sulfonamides is 1. The molecular weight excluding hydrogens is 296 g/mol. The van der Waals surface area contributed by atoms with Gasteiger partial charge >= 0.3 is 0 Å². The van der Waals surface area contributed by atoms with Gasteiger partial charge in [-0.15, -0.1) is 0 Å². The molecule has 0 radical (unpaired) electrons. The highest BCUT2D eigenvalue weighted by Crippen LogP contribution is 2.14. The first kappa shape index (κ1) is 16.2. The van der Waals surface area contributed by atoms with E-state index >= 15 is 0 Å². The van der Waals surface area contributed by atoms with Gasteiger partial charge in [-0.2, -0.15) is 13.5 Å². The molecule has 116 valence electrons. The monoisotopic (exact) mass is 316 g/mol. The summed E-state index contributed by atoms with van der Waals surface area (Å²) < 4.78 is 24.3. The second-order valence-corrected chi connectivity index (χ2v) is 6.85. The summed E-state index contributed by atoms with van der Waals surface area (Å²) in [6.45, 7) is 5.91. The number of benzene rings is 2. The molecule has 2 rings (SSSR count). The smallest absolute Gasteiger partial charge is 0.200 e. The molecule has 5 heteroatoms. The van der Waals surface area contributed by atoms with Crippen molar-refractivity contribution in [2.45, 2.75) is 32.1 Å². The molecule has 1 N–H and O–H groups in total. The Labute approximate surface area is 131 Å². The van der Waals surface area contributed by atoms with Crippen molar-refractivity contribution in [3.63, 3.8) is 0 Å². The molecule has 0 saturated carbocycles. The van der Waals surface area contributed by atoms with Gasteiger partial charge in [-0.1, -0.05) is 37.3 Å². The standard InChI is InChI=1S/C17H20N2O2S/c1-4-15-6-8-16(9-7-15)12-18-19-22(20,21)17-10-5-13(2)14(3)11-17/h5-12,19H,4H2,1-3H3/b18-12+. The third kappa shape index (κ3) is 3.95. The SMILES string of the molecule is CCc1ccc(/C=N/NS(=O)(=O)c2ccc(C)c(C)c2)cc1. The summed E-state index contributed by atoms with van der Waals surface area (Å²) in [7, 11) is -3.63. The van der Waals surface area contributed by atoms with E-state index in [2.05, 4.69) is 16.9 Å². The predicted molar refractivity (Wildman–Crippen MR) is 89.7 cm³/mol. The van der Waals surface area contributed by atoms with Crippen LogP contribution in [-0.4, -0.2) is 14.6 Å². The fourth-order valence-corrected chi connectivity index (χ4v) is 2.82. The Hall–Kier alpha value is -2.14. The van der Waals surface area contributed by atoms with Gasteiger partial charge in [0.15, 0.2) is 0 Å². The number of aryl methyl sites for hydroxylation is 3. The van der Waals surface area contributed by atoms with Crippen LogP contribution in [0.15, 0.2) is 52.5 Å². The zero-order valence-corrected chi connectivity index (χ0v) is 13.8. The van der Waals surface area contributed by atoms with Crippen molar-refractivity contribution in [2.75, 3.05) is 0 Å². The summed E-state index contributed by atoms with van der Waals surface area (Å²) in [5.74, 6) is 0. The lowest BCUT2D eigenvalue weighted by atomic mass is 10.1. The van der Waals surface area contributed by atoms with Crippen LogP contribution >= 0.6 is 0 Å². The third-order valence-electron chi connectivity index (χ3n) is 3.56. The lowest BCUT2D eigenvalue weighted by Crippen LogP contribution is -2.18. The van der Waals surface area contributed by atoms with Crippen molar-refractivity contribution in [1.29, 1.82) is 0 Å². The summed E-state index contributed by atoms with van der Waals surface area (Å²) in [6, 6.07) is 12.8. The molecular formula is C17H20N2O2S. The molecule has 0 saturated heterocycles. The van der Waals surface area contributed by atoms with Crippen LogP contribution in [0.4, 0.5) is 0 Å². The lowest BCUT2D eigenvalue weighted by Gasteiger charge is -2.06. The lowest BCUT2D eigenvalue weighted by molar-refractivity contribution is 0.584. The van der Waals surface area contributed by atoms with Gasteiger partial charge in [0, 0.05) is 0 Å². The minimum absolute atomic E-state index is 0.217. The van der Waals surface area contributed by atoms with Gasteiger partial charge in [-0.3, -0.25) is 0 Å². The quantitative estimate of drug-likeness (QED) is 0.680. The van der Waals surface area contributed by atoms with Crippen molar-refractivity contribution in [1.82, 2.24) is 4.83 Å². The number of hydrogen-bond acceptors (Lipinski definition) is 3. The number of hydrazone groups is 1. The van der Waals surface area contributed by atoms with E-state index in [1.54, 1.807) is 18.2 Å². The third-order valence-corrected chi connectivity index (χ3v) is 4.78. The Kier molecular flexibility index (Phi) is 4.98. The largest absolute Gasteiger partial charge is 0.276 e.